The molecule has 132 valence electrons. The van der Waals surface area contributed by atoms with Crippen molar-refractivity contribution in [2.45, 2.75) is 57.9 Å². The number of carbonyl (C=O) groups excluding carboxylic acids is 1. The molecule has 0 aliphatic carbocycles. The van der Waals surface area contributed by atoms with Crippen LogP contribution < -0.4 is 0 Å². The fourth-order valence-electron chi connectivity index (χ4n) is 2.87. The van der Waals surface area contributed by atoms with Gasteiger partial charge in [-0.1, -0.05) is 46.8 Å². The number of hydrogen-bond acceptors (Lipinski definition) is 3. The first-order chi connectivity index (χ1) is 11.1. The smallest absolute Gasteiger partial charge is 0.327 e. The molecule has 2 rings (SSSR count). The van der Waals surface area contributed by atoms with Gasteiger partial charge in [-0.05, 0) is 35.4 Å². The van der Waals surface area contributed by atoms with Gasteiger partial charge in [0.05, 0.1) is 5.37 Å². The molecule has 1 aliphatic rings. The molecule has 5 heteroatoms. The van der Waals surface area contributed by atoms with Crippen LogP contribution >= 0.6 is 11.8 Å². The molecule has 1 aromatic carbocycles. The van der Waals surface area contributed by atoms with E-state index in [-0.39, 0.29) is 16.7 Å². The highest BCUT2D eigenvalue weighted by molar-refractivity contribution is 8.00. The molecule has 4 nitrogen and oxygen atoms in total. The highest BCUT2D eigenvalue weighted by atomic mass is 32.2. The number of amides is 1. The topological polar surface area (TPSA) is 57.6 Å². The molecule has 1 aromatic rings. The predicted molar refractivity (Wildman–Crippen MR) is 98.4 cm³/mol. The van der Waals surface area contributed by atoms with Crippen molar-refractivity contribution in [1.29, 1.82) is 0 Å². The van der Waals surface area contributed by atoms with E-state index in [1.165, 1.54) is 0 Å². The van der Waals surface area contributed by atoms with Gasteiger partial charge in [-0.15, -0.1) is 11.8 Å². The molecule has 0 radical (unpaired) electrons. The Kier molecular flexibility index (Phi) is 5.63. The van der Waals surface area contributed by atoms with Crippen molar-refractivity contribution in [3.8, 4) is 0 Å². The third-order valence-electron chi connectivity index (χ3n) is 4.28. The molecule has 0 bridgehead atoms. The van der Waals surface area contributed by atoms with Crippen LogP contribution in [0.5, 0.6) is 0 Å². The van der Waals surface area contributed by atoms with Crippen molar-refractivity contribution in [2.75, 3.05) is 5.75 Å². The number of rotatable bonds is 4. The molecule has 1 aliphatic heterocycles. The van der Waals surface area contributed by atoms with Crippen molar-refractivity contribution in [1.82, 2.24) is 4.90 Å². The summed E-state index contributed by atoms with van der Waals surface area (Å²) in [7, 11) is 0. The van der Waals surface area contributed by atoms with Gasteiger partial charge in [-0.2, -0.15) is 0 Å². The second-order valence-electron chi connectivity index (χ2n) is 7.81. The quantitative estimate of drug-likeness (QED) is 0.893. The molecule has 1 saturated heterocycles. The number of carboxylic acid groups (broad SMARTS) is 1. The van der Waals surface area contributed by atoms with Crippen LogP contribution in [0.25, 0.3) is 0 Å². The minimum Gasteiger partial charge on any atom is -0.480 e. The van der Waals surface area contributed by atoms with Gasteiger partial charge in [-0.3, -0.25) is 4.79 Å². The van der Waals surface area contributed by atoms with Crippen molar-refractivity contribution < 1.29 is 14.7 Å². The summed E-state index contributed by atoms with van der Waals surface area (Å²) < 4.78 is 0. The van der Waals surface area contributed by atoms with E-state index < -0.39 is 12.0 Å². The summed E-state index contributed by atoms with van der Waals surface area (Å²) >= 11 is 1.57. The van der Waals surface area contributed by atoms with E-state index in [1.807, 2.05) is 24.3 Å². The molecule has 1 amide bonds. The Morgan fingerprint density at radius 3 is 2.29 bits per heavy atom. The second-order valence-corrected chi connectivity index (χ2v) is 9.02. The number of nitrogens with zero attached hydrogens (tertiary/aromatic N) is 1. The SMILES string of the molecule is CC(C)C[C@@H]1SC[C@H](C(=O)O)N1C(=O)c1ccc(C(C)(C)C)cc1. The van der Waals surface area contributed by atoms with Gasteiger partial charge in [0.15, 0.2) is 0 Å². The maximum atomic E-state index is 13.0. The van der Waals surface area contributed by atoms with Crippen LogP contribution in [0.15, 0.2) is 24.3 Å². The van der Waals surface area contributed by atoms with Crippen molar-refractivity contribution in [3.63, 3.8) is 0 Å². The predicted octanol–water partition coefficient (Wildman–Crippen LogP) is 4.00. The van der Waals surface area contributed by atoms with Gasteiger partial charge in [-0.25, -0.2) is 4.79 Å². The van der Waals surface area contributed by atoms with E-state index in [0.29, 0.717) is 17.2 Å². The zero-order valence-electron chi connectivity index (χ0n) is 15.1. The first kappa shape index (κ1) is 18.8. The van der Waals surface area contributed by atoms with E-state index in [1.54, 1.807) is 16.7 Å². The molecule has 0 aromatic heterocycles. The molecule has 1 heterocycles. The Labute approximate surface area is 148 Å². The first-order valence-electron chi connectivity index (χ1n) is 8.39. The summed E-state index contributed by atoms with van der Waals surface area (Å²) in [6.07, 6.45) is 0.806. The average molecular weight is 349 g/mol. The summed E-state index contributed by atoms with van der Waals surface area (Å²) in [6.45, 7) is 10.6. The minimum absolute atomic E-state index is 0.0227. The van der Waals surface area contributed by atoms with Crippen molar-refractivity contribution >= 4 is 23.6 Å². The lowest BCUT2D eigenvalue weighted by molar-refractivity contribution is -0.141. The zero-order valence-corrected chi connectivity index (χ0v) is 15.9. The molecule has 1 N–H and O–H groups in total. The number of carboxylic acids is 1. The molecular weight excluding hydrogens is 322 g/mol. The number of hydrogen-bond donors (Lipinski definition) is 1. The van der Waals surface area contributed by atoms with Crippen LogP contribution in [0.3, 0.4) is 0 Å². The van der Waals surface area contributed by atoms with Crippen LogP contribution in [-0.4, -0.2) is 39.1 Å². The highest BCUT2D eigenvalue weighted by Crippen LogP contribution is 2.35. The second kappa shape index (κ2) is 7.18. The van der Waals surface area contributed by atoms with Gasteiger partial charge >= 0.3 is 5.97 Å². The van der Waals surface area contributed by atoms with Crippen molar-refractivity contribution in [2.24, 2.45) is 5.92 Å². The van der Waals surface area contributed by atoms with E-state index in [0.717, 1.165) is 12.0 Å². The lowest BCUT2D eigenvalue weighted by atomic mass is 9.86. The van der Waals surface area contributed by atoms with Crippen LogP contribution in [0, 0.1) is 5.92 Å². The van der Waals surface area contributed by atoms with Gasteiger partial charge in [0, 0.05) is 11.3 Å². The maximum absolute atomic E-state index is 13.0. The minimum atomic E-state index is -0.923. The fraction of sp³-hybridized carbons (Fsp3) is 0.579. The van der Waals surface area contributed by atoms with Crippen LogP contribution in [0.1, 0.15) is 57.0 Å². The van der Waals surface area contributed by atoms with E-state index in [4.69, 9.17) is 0 Å². The third kappa shape index (κ3) is 4.12. The Hall–Kier alpha value is -1.49. The maximum Gasteiger partial charge on any atom is 0.327 e. The number of aliphatic carboxylic acids is 1. The Morgan fingerprint density at radius 2 is 1.83 bits per heavy atom. The third-order valence-corrected chi connectivity index (χ3v) is 5.60. The van der Waals surface area contributed by atoms with Gasteiger partial charge < -0.3 is 10.0 Å². The molecule has 0 spiro atoms. The standard InChI is InChI=1S/C19H27NO3S/c1-12(2)10-16-20(15(11-24-16)18(22)23)17(21)13-6-8-14(9-7-13)19(3,4)5/h6-9,12,15-16H,10-11H2,1-5H3,(H,22,23)/t15-,16+/m1/s1. The highest BCUT2D eigenvalue weighted by Gasteiger charge is 2.42. The van der Waals surface area contributed by atoms with Gasteiger partial charge in [0.25, 0.3) is 5.91 Å². The molecule has 1 fully saturated rings. The molecule has 2 atom stereocenters. The number of carbonyl (C=O) groups is 2. The molecule has 0 saturated carbocycles. The van der Waals surface area contributed by atoms with Crippen molar-refractivity contribution in [3.05, 3.63) is 35.4 Å². The van der Waals surface area contributed by atoms with Crippen LogP contribution in [0.2, 0.25) is 0 Å². The molecule has 24 heavy (non-hydrogen) atoms. The van der Waals surface area contributed by atoms with E-state index >= 15 is 0 Å². The van der Waals surface area contributed by atoms with Crippen LogP contribution in [0.4, 0.5) is 0 Å². The van der Waals surface area contributed by atoms with E-state index in [2.05, 4.69) is 34.6 Å². The largest absolute Gasteiger partial charge is 0.480 e. The van der Waals surface area contributed by atoms with Gasteiger partial charge in [0.1, 0.15) is 6.04 Å². The zero-order chi connectivity index (χ0) is 18.1. The summed E-state index contributed by atoms with van der Waals surface area (Å²) in [4.78, 5) is 26.1. The monoisotopic (exact) mass is 349 g/mol. The lowest BCUT2D eigenvalue weighted by Crippen LogP contribution is -2.46. The summed E-state index contributed by atoms with van der Waals surface area (Å²) in [6, 6.07) is 6.82. The number of benzene rings is 1. The van der Waals surface area contributed by atoms with E-state index in [9.17, 15) is 14.7 Å². The summed E-state index contributed by atoms with van der Waals surface area (Å²) in [5.74, 6) is -0.237. The average Bonchev–Trinajstić information content (AvgIpc) is 2.88. The number of thioether (sulfide) groups is 1. The summed E-state index contributed by atoms with van der Waals surface area (Å²) in [5.41, 5.74) is 1.74. The summed E-state index contributed by atoms with van der Waals surface area (Å²) in [5, 5.41) is 9.41. The lowest BCUT2D eigenvalue weighted by Gasteiger charge is -2.28. The fourth-order valence-corrected chi connectivity index (χ4v) is 4.50. The first-order valence-corrected chi connectivity index (χ1v) is 9.43. The normalized spacial score (nSPS) is 21.3. The Morgan fingerprint density at radius 1 is 1.25 bits per heavy atom. The molecular formula is C19H27NO3S. The molecule has 0 unspecified atom stereocenters. The Bertz CT molecular complexity index is 604. The van der Waals surface area contributed by atoms with Crippen LogP contribution in [-0.2, 0) is 10.2 Å². The Balaban J connectivity index is 2.27. The van der Waals surface area contributed by atoms with Gasteiger partial charge in [0.2, 0.25) is 0 Å².